The van der Waals surface area contributed by atoms with Gasteiger partial charge in [-0.15, -0.1) is 0 Å². The van der Waals surface area contributed by atoms with Crippen LogP contribution in [-0.4, -0.2) is 63.8 Å². The number of benzene rings is 1. The maximum Gasteiger partial charge on any atom is 0.351 e. The maximum absolute atomic E-state index is 16.2. The van der Waals surface area contributed by atoms with Gasteiger partial charge in [-0.25, -0.2) is 14.2 Å². The molecule has 0 radical (unpaired) electrons. The van der Waals surface area contributed by atoms with Gasteiger partial charge < -0.3 is 19.4 Å². The summed E-state index contributed by atoms with van der Waals surface area (Å²) in [5.41, 5.74) is -3.41. The first kappa shape index (κ1) is 37.5. The Balaban J connectivity index is 2.21. The van der Waals surface area contributed by atoms with Gasteiger partial charge in [0.05, 0.1) is 17.9 Å². The summed E-state index contributed by atoms with van der Waals surface area (Å²) in [5, 5.41) is 16.7. The fourth-order valence-electron chi connectivity index (χ4n) is 7.26. The Morgan fingerprint density at radius 1 is 1.09 bits per heavy atom. The highest BCUT2D eigenvalue weighted by Crippen LogP contribution is 2.42. The van der Waals surface area contributed by atoms with Crippen LogP contribution < -0.4 is 0 Å². The van der Waals surface area contributed by atoms with Gasteiger partial charge in [-0.1, -0.05) is 70.1 Å². The Hall–Kier alpha value is -2.98. The summed E-state index contributed by atoms with van der Waals surface area (Å²) in [4.78, 5) is 49.7. The Morgan fingerprint density at radius 3 is 2.35 bits per heavy atom. The molecule has 10 heteroatoms. The van der Waals surface area contributed by atoms with E-state index in [-0.39, 0.29) is 31.5 Å². The lowest BCUT2D eigenvalue weighted by Gasteiger charge is -2.46. The second kappa shape index (κ2) is 15.3. The molecule has 0 spiro atoms. The topological polar surface area (TPSA) is 124 Å². The molecule has 46 heavy (non-hydrogen) atoms. The van der Waals surface area contributed by atoms with Crippen LogP contribution >= 0.6 is 0 Å². The van der Waals surface area contributed by atoms with E-state index in [1.807, 2.05) is 58.0 Å². The first-order chi connectivity index (χ1) is 21.5. The number of fused-ring (bicyclic) bond motifs is 5. The molecule has 3 rings (SSSR count). The molecule has 0 saturated carbocycles. The number of amides is 1. The van der Waals surface area contributed by atoms with Gasteiger partial charge in [0, 0.05) is 24.5 Å². The molecule has 2 saturated heterocycles. The monoisotopic (exact) mass is 644 g/mol. The predicted molar refractivity (Wildman–Crippen MR) is 175 cm³/mol. The zero-order valence-electron chi connectivity index (χ0n) is 29.0. The lowest BCUT2D eigenvalue weighted by Crippen LogP contribution is -2.56. The first-order valence-electron chi connectivity index (χ1n) is 16.6. The lowest BCUT2D eigenvalue weighted by molar-refractivity contribution is -0.187. The molecular weight excluding hydrogens is 591 g/mol. The van der Waals surface area contributed by atoms with Gasteiger partial charge in [0.25, 0.3) is 5.67 Å². The van der Waals surface area contributed by atoms with Crippen molar-refractivity contribution in [2.24, 2.45) is 39.7 Å². The van der Waals surface area contributed by atoms with Crippen molar-refractivity contribution in [3.63, 3.8) is 0 Å². The van der Waals surface area contributed by atoms with Gasteiger partial charge in [0.1, 0.15) is 18.3 Å². The average molecular weight is 645 g/mol. The van der Waals surface area contributed by atoms with Crippen LogP contribution in [0.2, 0.25) is 0 Å². The zero-order valence-corrected chi connectivity index (χ0v) is 29.0. The number of hydrogen-bond donors (Lipinski definition) is 1. The van der Waals surface area contributed by atoms with E-state index in [1.165, 1.54) is 6.92 Å². The van der Waals surface area contributed by atoms with E-state index in [9.17, 15) is 19.5 Å². The quantitative estimate of drug-likeness (QED) is 0.227. The number of cyclic esters (lactones) is 1. The molecule has 256 valence electrons. The number of aliphatic imine (C=N–C) groups is 1. The number of rotatable bonds is 4. The Labute approximate surface area is 273 Å². The van der Waals surface area contributed by atoms with Crippen LogP contribution in [0.25, 0.3) is 0 Å². The molecule has 1 aromatic carbocycles. The number of alkyl halides is 1. The van der Waals surface area contributed by atoms with E-state index in [2.05, 4.69) is 10.1 Å². The van der Waals surface area contributed by atoms with Crippen LogP contribution in [0.15, 0.2) is 40.5 Å². The van der Waals surface area contributed by atoms with E-state index in [1.54, 1.807) is 20.8 Å². The van der Waals surface area contributed by atoms with Crippen LogP contribution in [0.1, 0.15) is 100.0 Å². The number of oxime groups is 1. The highest BCUT2D eigenvalue weighted by Gasteiger charge is 2.53. The number of aliphatic hydroxyl groups is 1. The van der Waals surface area contributed by atoms with Gasteiger partial charge >= 0.3 is 5.97 Å². The third-order valence-electron chi connectivity index (χ3n) is 10.4. The summed E-state index contributed by atoms with van der Waals surface area (Å²) in [6.45, 7) is 15.2. The SMILES string of the molecule is CC[C@H]1OC(=O)[C@@](C)(F)C(=O)[C@H](C)[C@@H](C)[C@@]2(C)C[C@@H](C)/C(=N\C(C)=O)[C@H](C)[C@@H](CCC/C(=N\OCc3ccccc3)CO2)[C@]1(C)O. The highest BCUT2D eigenvalue weighted by molar-refractivity contribution is 6.07. The standard InChI is InChI=1S/C36H53FN2O7/c1-10-30-36(9,43)29-18-14-17-28(39-45-20-27-15-12-11-13-16-27)21-44-34(7,19-22(2)31(24(29)4)38-26(6)40)25(5)23(3)32(41)35(8,37)33(42)46-30/h11-13,15-16,22-25,29-30,43H,10,14,17-21H2,1-9H3/b38-31+,39-28+/t22-,23-,24-,25-,29-,30-,34-,35+,36+/m1/s1. The number of carbonyl (C=O) groups is 3. The summed E-state index contributed by atoms with van der Waals surface area (Å²) >= 11 is 0. The first-order valence-corrected chi connectivity index (χ1v) is 16.6. The summed E-state index contributed by atoms with van der Waals surface area (Å²) in [5.74, 6) is -5.42. The van der Waals surface area contributed by atoms with Gasteiger partial charge in [-0.05, 0) is 76.2 Å². The van der Waals surface area contributed by atoms with E-state index in [0.717, 1.165) is 12.5 Å². The Morgan fingerprint density at radius 2 is 1.74 bits per heavy atom. The van der Waals surface area contributed by atoms with Crippen LogP contribution in [0.5, 0.6) is 0 Å². The van der Waals surface area contributed by atoms with Crippen LogP contribution in [0.3, 0.4) is 0 Å². The fraction of sp³-hybridized carbons (Fsp3) is 0.694. The number of Topliss-reactive ketones (excluding diaryl/α,β-unsaturated/α-hetero) is 1. The van der Waals surface area contributed by atoms with Crippen molar-refractivity contribution in [1.82, 2.24) is 0 Å². The minimum Gasteiger partial charge on any atom is -0.457 e. The van der Waals surface area contributed by atoms with Crippen molar-refractivity contribution in [1.29, 1.82) is 0 Å². The molecule has 1 aromatic rings. The summed E-state index contributed by atoms with van der Waals surface area (Å²) < 4.78 is 28.5. The summed E-state index contributed by atoms with van der Waals surface area (Å²) in [6.07, 6.45) is 0.888. The van der Waals surface area contributed by atoms with Crippen molar-refractivity contribution in [2.45, 2.75) is 124 Å². The van der Waals surface area contributed by atoms with Gasteiger partial charge in [0.2, 0.25) is 5.91 Å². The molecule has 0 unspecified atom stereocenters. The molecule has 0 aromatic heterocycles. The highest BCUT2D eigenvalue weighted by atomic mass is 19.1. The molecule has 1 amide bonds. The molecule has 9 nitrogen and oxygen atoms in total. The second-order valence-corrected chi connectivity index (χ2v) is 13.9. The van der Waals surface area contributed by atoms with Crippen molar-refractivity contribution in [3.8, 4) is 0 Å². The smallest absolute Gasteiger partial charge is 0.351 e. The van der Waals surface area contributed by atoms with Gasteiger partial charge in [0.15, 0.2) is 5.78 Å². The number of carbonyl (C=O) groups excluding carboxylic acids is 3. The van der Waals surface area contributed by atoms with Gasteiger partial charge in [-0.3, -0.25) is 9.59 Å². The number of esters is 1. The van der Waals surface area contributed by atoms with E-state index < -0.39 is 58.4 Å². The van der Waals surface area contributed by atoms with Crippen LogP contribution in [-0.2, 0) is 35.3 Å². The second-order valence-electron chi connectivity index (χ2n) is 13.9. The van der Waals surface area contributed by atoms with E-state index >= 15 is 4.39 Å². The maximum atomic E-state index is 16.2. The molecule has 9 atom stereocenters. The van der Waals surface area contributed by atoms with Crippen molar-refractivity contribution in [3.05, 3.63) is 35.9 Å². The summed E-state index contributed by atoms with van der Waals surface area (Å²) in [6, 6.07) is 9.68. The largest absolute Gasteiger partial charge is 0.457 e. The van der Waals surface area contributed by atoms with Crippen molar-refractivity contribution < 1.29 is 38.2 Å². The average Bonchev–Trinajstić information content (AvgIpc) is 3.00. The van der Waals surface area contributed by atoms with Gasteiger partial charge in [-0.2, -0.15) is 0 Å². The molecule has 0 aliphatic carbocycles. The Kier molecular flexibility index (Phi) is 12.5. The van der Waals surface area contributed by atoms with E-state index in [0.29, 0.717) is 37.1 Å². The molecule has 2 heterocycles. The summed E-state index contributed by atoms with van der Waals surface area (Å²) in [7, 11) is 0. The van der Waals surface area contributed by atoms with E-state index in [4.69, 9.17) is 14.3 Å². The normalized spacial score (nSPS) is 38.7. The number of nitrogens with zero attached hydrogens (tertiary/aromatic N) is 2. The molecule has 2 bridgehead atoms. The fourth-order valence-corrected chi connectivity index (χ4v) is 7.26. The molecule has 2 aliphatic heterocycles. The Bertz CT molecular complexity index is 1290. The predicted octanol–water partition coefficient (Wildman–Crippen LogP) is 6.44. The number of hydrogen-bond acceptors (Lipinski definition) is 8. The lowest BCUT2D eigenvalue weighted by atomic mass is 9.67. The number of halogens is 1. The minimum atomic E-state index is -2.94. The minimum absolute atomic E-state index is 0.0889. The van der Waals surface area contributed by atoms with Crippen molar-refractivity contribution >= 4 is 29.1 Å². The zero-order chi connectivity index (χ0) is 34.4. The number of ketones is 1. The third-order valence-corrected chi connectivity index (χ3v) is 10.4. The van der Waals surface area contributed by atoms with Crippen LogP contribution in [0, 0.1) is 29.6 Å². The number of ether oxygens (including phenoxy) is 2. The van der Waals surface area contributed by atoms with Crippen molar-refractivity contribution in [2.75, 3.05) is 6.61 Å². The molecule has 2 aliphatic rings. The molecular formula is C36H53FN2O7. The third kappa shape index (κ3) is 8.48. The molecule has 2 fully saturated rings. The van der Waals surface area contributed by atoms with Crippen LogP contribution in [0.4, 0.5) is 4.39 Å². The molecule has 1 N–H and O–H groups in total.